The van der Waals surface area contributed by atoms with Crippen molar-refractivity contribution in [3.63, 3.8) is 0 Å². The molecule has 2 bridgehead atoms. The van der Waals surface area contributed by atoms with E-state index >= 15 is 0 Å². The molecule has 4 rings (SSSR count). The molecule has 3 aliphatic rings. The van der Waals surface area contributed by atoms with Crippen LogP contribution < -0.4 is 4.90 Å². The van der Waals surface area contributed by atoms with E-state index in [0.29, 0.717) is 12.1 Å². The molecule has 1 aromatic rings. The van der Waals surface area contributed by atoms with Gasteiger partial charge in [-0.15, -0.1) is 0 Å². The lowest BCUT2D eigenvalue weighted by Crippen LogP contribution is -2.37. The summed E-state index contributed by atoms with van der Waals surface area (Å²) in [5.74, 6) is 0.765. The van der Waals surface area contributed by atoms with Gasteiger partial charge in [-0.25, -0.2) is 0 Å². The minimum absolute atomic E-state index is 0.638. The number of nitrogens with zero attached hydrogens (tertiary/aromatic N) is 2. The third-order valence-electron chi connectivity index (χ3n) is 5.39. The zero-order valence-corrected chi connectivity index (χ0v) is 15.7. The Bertz CT molecular complexity index is 558. The fourth-order valence-electron chi connectivity index (χ4n) is 4.23. The second-order valence-corrected chi connectivity index (χ2v) is 7.07. The number of ether oxygens (including phenoxy) is 1. The van der Waals surface area contributed by atoms with E-state index in [2.05, 4.69) is 54.0 Å². The number of hydrogen-bond acceptors (Lipinski definition) is 3. The number of morpholine rings is 1. The van der Waals surface area contributed by atoms with Gasteiger partial charge < -0.3 is 9.64 Å². The molecule has 132 valence electrons. The van der Waals surface area contributed by atoms with Crippen molar-refractivity contribution in [3.8, 4) is 0 Å². The van der Waals surface area contributed by atoms with Crippen LogP contribution in [0.5, 0.6) is 0 Å². The predicted molar refractivity (Wildman–Crippen MR) is 103 cm³/mol. The van der Waals surface area contributed by atoms with Crippen LogP contribution >= 0.6 is 0 Å². The minimum Gasteiger partial charge on any atom is -0.378 e. The average molecular weight is 329 g/mol. The number of benzene rings is 1. The van der Waals surface area contributed by atoms with Crippen LogP contribution in [0.4, 0.5) is 5.69 Å². The normalized spacial score (nSPS) is 26.4. The Balaban J connectivity index is 0.000000815. The number of hydrogen-bond donors (Lipinski definition) is 0. The molecule has 0 saturated carbocycles. The molecule has 2 atom stereocenters. The third-order valence-corrected chi connectivity index (χ3v) is 5.39. The Hall–Kier alpha value is -1.32. The number of fused-ring (bicyclic) bond motifs is 2. The van der Waals surface area contributed by atoms with Crippen molar-refractivity contribution in [2.45, 2.75) is 46.2 Å². The minimum atomic E-state index is 0.638. The molecule has 1 aromatic carbocycles. The highest BCUT2D eigenvalue weighted by Crippen LogP contribution is 2.42. The first-order chi connectivity index (χ1) is 11.7. The molecule has 0 N–H and O–H groups in total. The highest BCUT2D eigenvalue weighted by atomic mass is 16.5. The molecule has 3 nitrogen and oxygen atoms in total. The van der Waals surface area contributed by atoms with E-state index in [4.69, 9.17) is 4.74 Å². The summed E-state index contributed by atoms with van der Waals surface area (Å²) in [7, 11) is 0. The van der Waals surface area contributed by atoms with E-state index in [0.717, 1.165) is 32.2 Å². The predicted octanol–water partition coefficient (Wildman–Crippen LogP) is 4.05. The zero-order valence-electron chi connectivity index (χ0n) is 15.7. The van der Waals surface area contributed by atoms with Crippen LogP contribution in [-0.2, 0) is 4.74 Å². The van der Waals surface area contributed by atoms with Gasteiger partial charge >= 0.3 is 0 Å². The quantitative estimate of drug-likeness (QED) is 0.833. The van der Waals surface area contributed by atoms with Crippen LogP contribution in [0.1, 0.15) is 39.7 Å². The number of rotatable bonds is 3. The van der Waals surface area contributed by atoms with Crippen LogP contribution in [-0.4, -0.2) is 49.8 Å². The first-order valence-corrected chi connectivity index (χ1v) is 9.63. The number of anilines is 1. The Kier molecular flexibility index (Phi) is 5.62. The molecule has 2 aliphatic heterocycles. The molecule has 2 unspecified atom stereocenters. The van der Waals surface area contributed by atoms with Gasteiger partial charge in [0.2, 0.25) is 0 Å². The fraction of sp³-hybridized carbons (Fsp3) is 0.619. The van der Waals surface area contributed by atoms with Gasteiger partial charge in [0.1, 0.15) is 0 Å². The Labute approximate surface area is 147 Å². The maximum atomic E-state index is 5.44. The summed E-state index contributed by atoms with van der Waals surface area (Å²) in [6, 6.07) is 10.5. The molecule has 0 spiro atoms. The van der Waals surface area contributed by atoms with Gasteiger partial charge in [-0.2, -0.15) is 0 Å². The molecule has 0 radical (unpaired) electrons. The lowest BCUT2D eigenvalue weighted by molar-refractivity contribution is 0.122. The Morgan fingerprint density at radius 2 is 1.71 bits per heavy atom. The van der Waals surface area contributed by atoms with Crippen molar-refractivity contribution < 1.29 is 4.74 Å². The highest BCUT2D eigenvalue weighted by Gasteiger charge is 2.40. The van der Waals surface area contributed by atoms with Crippen molar-refractivity contribution in [3.05, 3.63) is 35.9 Å². The summed E-state index contributed by atoms with van der Waals surface area (Å²) in [6.45, 7) is 13.6. The van der Waals surface area contributed by atoms with Crippen molar-refractivity contribution >= 4 is 11.3 Å². The molecular weight excluding hydrogens is 296 g/mol. The summed E-state index contributed by atoms with van der Waals surface area (Å²) < 4.78 is 5.44. The molecule has 2 fully saturated rings. The van der Waals surface area contributed by atoms with Gasteiger partial charge in [0.05, 0.1) is 13.2 Å². The standard InChI is InChI=1S/C19H26N2O.C2H6/c1-14(2)21-13-15-11-18(19(21)12-15)16-3-5-17(6-4-16)20-7-9-22-10-8-20;1-2/h3-6,11,14-15,19H,7-10,12-13H2,1-2H3;1-2H3. The molecular formula is C21H32N2O. The van der Waals surface area contributed by atoms with Gasteiger partial charge in [-0.1, -0.05) is 32.1 Å². The average Bonchev–Trinajstić information content (AvgIpc) is 3.25. The molecule has 3 heteroatoms. The Morgan fingerprint density at radius 3 is 2.29 bits per heavy atom. The van der Waals surface area contributed by atoms with E-state index in [1.54, 1.807) is 5.57 Å². The summed E-state index contributed by atoms with van der Waals surface area (Å²) in [5.41, 5.74) is 4.30. The van der Waals surface area contributed by atoms with Gasteiger partial charge in [0, 0.05) is 37.4 Å². The first-order valence-electron chi connectivity index (χ1n) is 9.63. The van der Waals surface area contributed by atoms with E-state index in [1.807, 2.05) is 13.8 Å². The third kappa shape index (κ3) is 3.38. The van der Waals surface area contributed by atoms with E-state index < -0.39 is 0 Å². The van der Waals surface area contributed by atoms with Crippen LogP contribution in [0.2, 0.25) is 0 Å². The highest BCUT2D eigenvalue weighted by molar-refractivity contribution is 5.74. The zero-order chi connectivity index (χ0) is 17.1. The maximum absolute atomic E-state index is 5.44. The SMILES string of the molecule is CC.CC(C)N1CC2C=C(c3ccc(N4CCOCC4)cc3)C1C2. The lowest BCUT2D eigenvalue weighted by Gasteiger charge is -2.32. The second-order valence-electron chi connectivity index (χ2n) is 7.07. The summed E-state index contributed by atoms with van der Waals surface area (Å²) in [4.78, 5) is 5.08. The largest absolute Gasteiger partial charge is 0.378 e. The van der Waals surface area contributed by atoms with Crippen molar-refractivity contribution in [1.82, 2.24) is 4.90 Å². The van der Waals surface area contributed by atoms with Crippen molar-refractivity contribution in [1.29, 1.82) is 0 Å². The van der Waals surface area contributed by atoms with Crippen LogP contribution in [0.3, 0.4) is 0 Å². The first kappa shape index (κ1) is 17.5. The summed E-state index contributed by atoms with van der Waals surface area (Å²) in [5, 5.41) is 0. The van der Waals surface area contributed by atoms with Crippen LogP contribution in [0.25, 0.3) is 5.57 Å². The van der Waals surface area contributed by atoms with E-state index in [1.165, 1.54) is 24.2 Å². The summed E-state index contributed by atoms with van der Waals surface area (Å²) in [6.07, 6.45) is 3.84. The molecule has 24 heavy (non-hydrogen) atoms. The topological polar surface area (TPSA) is 15.7 Å². The van der Waals surface area contributed by atoms with Gasteiger partial charge in [-0.3, -0.25) is 4.90 Å². The lowest BCUT2D eigenvalue weighted by atomic mass is 9.98. The van der Waals surface area contributed by atoms with Crippen molar-refractivity contribution in [2.75, 3.05) is 37.7 Å². The van der Waals surface area contributed by atoms with E-state index in [-0.39, 0.29) is 0 Å². The smallest absolute Gasteiger partial charge is 0.0642 e. The van der Waals surface area contributed by atoms with E-state index in [9.17, 15) is 0 Å². The van der Waals surface area contributed by atoms with Gasteiger partial charge in [0.25, 0.3) is 0 Å². The second kappa shape index (κ2) is 7.71. The maximum Gasteiger partial charge on any atom is 0.0642 e. The molecule has 2 heterocycles. The summed E-state index contributed by atoms with van der Waals surface area (Å²) >= 11 is 0. The van der Waals surface area contributed by atoms with Crippen molar-refractivity contribution in [2.24, 2.45) is 5.92 Å². The monoisotopic (exact) mass is 328 g/mol. The number of likely N-dealkylation sites (tertiary alicyclic amines) is 1. The fourth-order valence-corrected chi connectivity index (χ4v) is 4.23. The van der Waals surface area contributed by atoms with Crippen LogP contribution in [0, 0.1) is 5.92 Å². The van der Waals surface area contributed by atoms with Gasteiger partial charge in [0.15, 0.2) is 0 Å². The molecule has 0 aromatic heterocycles. The Morgan fingerprint density at radius 1 is 1.04 bits per heavy atom. The van der Waals surface area contributed by atoms with Gasteiger partial charge in [-0.05, 0) is 49.5 Å². The molecule has 2 saturated heterocycles. The molecule has 0 amide bonds. The molecule has 1 aliphatic carbocycles. The van der Waals surface area contributed by atoms with Crippen LogP contribution in [0.15, 0.2) is 30.3 Å².